The molecule has 3 N–H and O–H groups in total. The first-order valence-corrected chi connectivity index (χ1v) is 10.1. The van der Waals surface area contributed by atoms with Crippen LogP contribution >= 0.6 is 0 Å². The van der Waals surface area contributed by atoms with Gasteiger partial charge in [0.05, 0.1) is 18.2 Å². The van der Waals surface area contributed by atoms with Crippen molar-refractivity contribution in [2.75, 3.05) is 26.0 Å². The van der Waals surface area contributed by atoms with Gasteiger partial charge in [-0.25, -0.2) is 4.98 Å². The largest absolute Gasteiger partial charge is 0.494 e. The first kappa shape index (κ1) is 18.6. The summed E-state index contributed by atoms with van der Waals surface area (Å²) in [6, 6.07) is 8.05. The Balaban J connectivity index is 1.44. The molecule has 1 amide bonds. The number of nitrogens with zero attached hydrogens (tertiary/aromatic N) is 3. The quantitative estimate of drug-likeness (QED) is 0.481. The number of hydrogen-bond donors (Lipinski definition) is 3. The van der Waals surface area contributed by atoms with Crippen molar-refractivity contribution in [3.8, 4) is 5.75 Å². The molecule has 1 atom stereocenters. The maximum absolute atomic E-state index is 13.0. The van der Waals surface area contributed by atoms with Crippen LogP contribution in [0.15, 0.2) is 30.5 Å². The normalized spacial score (nSPS) is 17.1. The molecule has 8 heteroatoms. The van der Waals surface area contributed by atoms with Gasteiger partial charge in [-0.2, -0.15) is 5.10 Å². The van der Waals surface area contributed by atoms with Crippen molar-refractivity contribution in [2.24, 2.45) is 0 Å². The second-order valence-electron chi connectivity index (χ2n) is 7.87. The van der Waals surface area contributed by atoms with E-state index in [2.05, 4.69) is 43.5 Å². The first-order chi connectivity index (χ1) is 14.5. The Kier molecular flexibility index (Phi) is 4.43. The van der Waals surface area contributed by atoms with Gasteiger partial charge in [0.1, 0.15) is 11.3 Å². The minimum Gasteiger partial charge on any atom is -0.494 e. The fourth-order valence-electron chi connectivity index (χ4n) is 4.35. The number of aromatic amines is 2. The molecule has 30 heavy (non-hydrogen) atoms. The third-order valence-electron chi connectivity index (χ3n) is 5.97. The number of carbonyl (C=O) groups excluding carboxylic acids is 1. The van der Waals surface area contributed by atoms with E-state index in [1.165, 1.54) is 12.1 Å². The van der Waals surface area contributed by atoms with Gasteiger partial charge in [-0.3, -0.25) is 14.8 Å². The summed E-state index contributed by atoms with van der Waals surface area (Å²) >= 11 is 0. The van der Waals surface area contributed by atoms with Gasteiger partial charge in [0.25, 0.3) is 5.91 Å². The van der Waals surface area contributed by atoms with Crippen LogP contribution in [0.4, 0.5) is 5.82 Å². The molecule has 1 aliphatic heterocycles. The molecule has 8 nitrogen and oxygen atoms in total. The molecule has 0 unspecified atom stereocenters. The highest BCUT2D eigenvalue weighted by Gasteiger charge is 2.24. The smallest absolute Gasteiger partial charge is 0.260 e. The number of nitrogens with one attached hydrogen (secondary N) is 3. The number of rotatable bonds is 4. The van der Waals surface area contributed by atoms with Crippen LogP contribution in [0.3, 0.4) is 0 Å². The summed E-state index contributed by atoms with van der Waals surface area (Å²) in [5, 5.41) is 12.1. The van der Waals surface area contributed by atoms with Crippen LogP contribution in [0.5, 0.6) is 5.75 Å². The fraction of sp³-hybridized carbons (Fsp3) is 0.318. The van der Waals surface area contributed by atoms with Crippen molar-refractivity contribution in [2.45, 2.75) is 25.8 Å². The van der Waals surface area contributed by atoms with E-state index in [0.29, 0.717) is 28.7 Å². The number of amides is 1. The Morgan fingerprint density at radius 2 is 2.20 bits per heavy atom. The molecule has 0 bridgehead atoms. The number of pyridine rings is 1. The van der Waals surface area contributed by atoms with Crippen LogP contribution in [0, 0.1) is 6.92 Å². The monoisotopic (exact) mass is 404 g/mol. The molecule has 1 fully saturated rings. The molecule has 0 spiro atoms. The van der Waals surface area contributed by atoms with Gasteiger partial charge in [0, 0.05) is 40.5 Å². The SMILES string of the molecule is COc1c(C(=O)Nc2cc3[nH]c([C@H]4CCCN4C)cc3cn2)ccc2c(C)[nH]nc12. The average Bonchev–Trinajstić information content (AvgIpc) is 3.45. The zero-order valence-electron chi connectivity index (χ0n) is 17.2. The lowest BCUT2D eigenvalue weighted by Gasteiger charge is -2.17. The number of aromatic nitrogens is 4. The van der Waals surface area contributed by atoms with Crippen LogP contribution in [0.25, 0.3) is 21.8 Å². The molecule has 4 aromatic rings. The summed E-state index contributed by atoms with van der Waals surface area (Å²) in [5.74, 6) is 0.645. The van der Waals surface area contributed by atoms with Gasteiger partial charge in [-0.05, 0) is 51.6 Å². The standard InChI is InChI=1S/C22H24N6O2/c1-12-14-6-7-15(21(30-3)20(14)27-26-12)22(29)25-19-10-16-13(11-23-19)9-17(24-16)18-5-4-8-28(18)2/h6-7,9-11,18,24H,4-5,8H2,1-3H3,(H,26,27)(H,23,25,29)/t18-/m1/s1. The number of H-pyrrole nitrogens is 2. The lowest BCUT2D eigenvalue weighted by molar-refractivity contribution is 0.102. The topological polar surface area (TPSA) is 98.9 Å². The highest BCUT2D eigenvalue weighted by Crippen LogP contribution is 2.33. The maximum atomic E-state index is 13.0. The van der Waals surface area contributed by atoms with E-state index in [-0.39, 0.29) is 5.91 Å². The lowest BCUT2D eigenvalue weighted by Crippen LogP contribution is -2.17. The summed E-state index contributed by atoms with van der Waals surface area (Å²) < 4.78 is 5.50. The average molecular weight is 404 g/mol. The molecule has 4 heterocycles. The van der Waals surface area contributed by atoms with Crippen LogP contribution < -0.4 is 10.1 Å². The highest BCUT2D eigenvalue weighted by molar-refractivity contribution is 6.09. The first-order valence-electron chi connectivity index (χ1n) is 10.1. The summed E-state index contributed by atoms with van der Waals surface area (Å²) in [7, 11) is 3.69. The number of fused-ring (bicyclic) bond motifs is 2. The predicted molar refractivity (Wildman–Crippen MR) is 116 cm³/mol. The number of anilines is 1. The van der Waals surface area contributed by atoms with Crippen LogP contribution in [0.2, 0.25) is 0 Å². The van der Waals surface area contributed by atoms with Crippen molar-refractivity contribution >= 4 is 33.5 Å². The Labute approximate surface area is 173 Å². The summed E-state index contributed by atoms with van der Waals surface area (Å²) in [5.41, 5.74) is 4.13. The maximum Gasteiger partial charge on any atom is 0.260 e. The van der Waals surface area contributed by atoms with Crippen LogP contribution in [-0.4, -0.2) is 51.7 Å². The highest BCUT2D eigenvalue weighted by atomic mass is 16.5. The third-order valence-corrected chi connectivity index (χ3v) is 5.97. The van der Waals surface area contributed by atoms with Gasteiger partial charge in [-0.15, -0.1) is 0 Å². The van der Waals surface area contributed by atoms with Crippen molar-refractivity contribution in [1.29, 1.82) is 0 Å². The Morgan fingerprint density at radius 1 is 1.33 bits per heavy atom. The fourth-order valence-corrected chi connectivity index (χ4v) is 4.35. The third kappa shape index (κ3) is 3.00. The second-order valence-corrected chi connectivity index (χ2v) is 7.87. The molecule has 1 saturated heterocycles. The Morgan fingerprint density at radius 3 is 2.97 bits per heavy atom. The number of aryl methyl sites for hydroxylation is 1. The second kappa shape index (κ2) is 7.14. The molecule has 0 saturated carbocycles. The zero-order valence-corrected chi connectivity index (χ0v) is 17.2. The number of benzene rings is 1. The molecular weight excluding hydrogens is 380 g/mol. The zero-order chi connectivity index (χ0) is 20.8. The van der Waals surface area contributed by atoms with E-state index >= 15 is 0 Å². The number of carbonyl (C=O) groups is 1. The van der Waals surface area contributed by atoms with Gasteiger partial charge >= 0.3 is 0 Å². The molecule has 1 aromatic carbocycles. The lowest BCUT2D eigenvalue weighted by atomic mass is 10.1. The van der Waals surface area contributed by atoms with E-state index in [9.17, 15) is 4.79 Å². The Hall–Kier alpha value is -3.39. The van der Waals surface area contributed by atoms with E-state index < -0.39 is 0 Å². The molecule has 0 radical (unpaired) electrons. The molecule has 154 valence electrons. The predicted octanol–water partition coefficient (Wildman–Crippen LogP) is 3.78. The number of ether oxygens (including phenoxy) is 1. The van der Waals surface area contributed by atoms with E-state index in [4.69, 9.17) is 4.74 Å². The number of hydrogen-bond acceptors (Lipinski definition) is 5. The number of likely N-dealkylation sites (tertiary alicyclic amines) is 1. The van der Waals surface area contributed by atoms with Gasteiger partial charge < -0.3 is 15.0 Å². The van der Waals surface area contributed by atoms with Crippen molar-refractivity contribution in [3.63, 3.8) is 0 Å². The minimum absolute atomic E-state index is 0.288. The Bertz CT molecular complexity index is 1260. The van der Waals surface area contributed by atoms with Crippen LogP contribution in [0.1, 0.15) is 40.6 Å². The van der Waals surface area contributed by atoms with E-state index in [0.717, 1.165) is 34.9 Å². The summed E-state index contributed by atoms with van der Waals surface area (Å²) in [6.45, 7) is 3.04. The van der Waals surface area contributed by atoms with Crippen molar-refractivity contribution < 1.29 is 9.53 Å². The molecule has 5 rings (SSSR count). The van der Waals surface area contributed by atoms with Crippen molar-refractivity contribution in [3.05, 3.63) is 47.4 Å². The molecular formula is C22H24N6O2. The molecule has 3 aromatic heterocycles. The summed E-state index contributed by atoms with van der Waals surface area (Å²) in [4.78, 5) is 23.2. The van der Waals surface area contributed by atoms with Crippen molar-refractivity contribution in [1.82, 2.24) is 25.1 Å². The molecule has 1 aliphatic rings. The van der Waals surface area contributed by atoms with Gasteiger partial charge in [-0.1, -0.05) is 0 Å². The molecule has 0 aliphatic carbocycles. The minimum atomic E-state index is -0.288. The van der Waals surface area contributed by atoms with E-state index in [1.54, 1.807) is 19.4 Å². The van der Waals surface area contributed by atoms with Gasteiger partial charge in [0.15, 0.2) is 5.75 Å². The summed E-state index contributed by atoms with van der Waals surface area (Å²) in [6.07, 6.45) is 4.14. The number of methoxy groups -OCH3 is 1. The van der Waals surface area contributed by atoms with Crippen LogP contribution in [-0.2, 0) is 0 Å². The van der Waals surface area contributed by atoms with E-state index in [1.807, 2.05) is 19.1 Å². The van der Waals surface area contributed by atoms with Gasteiger partial charge in [0.2, 0.25) is 0 Å².